The number of phenolic OH excluding ortho intramolecular Hbond substituents is 1. The van der Waals surface area contributed by atoms with Gasteiger partial charge in [-0.1, -0.05) is 11.6 Å². The highest BCUT2D eigenvalue weighted by molar-refractivity contribution is 6.35. The summed E-state index contributed by atoms with van der Waals surface area (Å²) in [5.41, 5.74) is -2.08. The van der Waals surface area contributed by atoms with Crippen LogP contribution in [0, 0.1) is 10.1 Å². The van der Waals surface area contributed by atoms with E-state index in [1.807, 2.05) is 0 Å². The number of hydrogen-bond acceptors (Lipinski definition) is 6. The summed E-state index contributed by atoms with van der Waals surface area (Å²) in [6.45, 7) is -1.73. The number of nitro benzene ring substituents is 1. The van der Waals surface area contributed by atoms with Gasteiger partial charge in [0.15, 0.2) is 5.75 Å². The van der Waals surface area contributed by atoms with Gasteiger partial charge in [0.25, 0.3) is 5.91 Å². The lowest BCUT2D eigenvalue weighted by molar-refractivity contribution is -0.386. The minimum Gasteiger partial charge on any atom is -0.499 e. The van der Waals surface area contributed by atoms with E-state index in [4.69, 9.17) is 11.6 Å². The number of carbonyl (C=O) groups is 2. The van der Waals surface area contributed by atoms with Gasteiger partial charge in [-0.15, -0.1) is 0 Å². The van der Waals surface area contributed by atoms with Gasteiger partial charge in [0, 0.05) is 6.07 Å². The van der Waals surface area contributed by atoms with E-state index >= 15 is 0 Å². The Morgan fingerprint density at radius 1 is 1.46 bits per heavy atom. The number of rotatable bonds is 4. The van der Waals surface area contributed by atoms with Crippen LogP contribution < -0.4 is 15.4 Å². The van der Waals surface area contributed by atoms with Crippen molar-refractivity contribution in [3.8, 4) is 11.5 Å². The van der Waals surface area contributed by atoms with E-state index in [-0.39, 0.29) is 0 Å². The van der Waals surface area contributed by atoms with E-state index in [0.29, 0.717) is 0 Å². The summed E-state index contributed by atoms with van der Waals surface area (Å²) in [6.07, 6.45) is -4.72. The van der Waals surface area contributed by atoms with Crippen LogP contribution in [0.3, 0.4) is 0 Å². The second-order valence-electron chi connectivity index (χ2n) is 4.14. The van der Waals surface area contributed by atoms with Crippen molar-refractivity contribution in [1.82, 2.24) is 10.6 Å². The van der Waals surface area contributed by atoms with Crippen LogP contribution in [0.4, 0.5) is 23.7 Å². The molecule has 0 aliphatic rings. The van der Waals surface area contributed by atoms with Gasteiger partial charge in [-0.25, -0.2) is 4.79 Å². The van der Waals surface area contributed by atoms with Crippen LogP contribution in [0.5, 0.6) is 11.5 Å². The lowest BCUT2D eigenvalue weighted by atomic mass is 10.1. The SMILES string of the molecule is COc1cc(Cl)c(C(=O)NC(=O)NCC(F)(F)F)c([N+](=O)[O-])c1O. The van der Waals surface area contributed by atoms with Crippen LogP contribution in [-0.2, 0) is 0 Å². The highest BCUT2D eigenvalue weighted by Crippen LogP contribution is 2.42. The number of benzene rings is 1. The number of carbonyl (C=O) groups excluding carboxylic acids is 2. The first kappa shape index (κ1) is 19.3. The summed E-state index contributed by atoms with van der Waals surface area (Å²) in [5, 5.41) is 22.9. The Morgan fingerprint density at radius 2 is 2.04 bits per heavy atom. The molecule has 0 aliphatic heterocycles. The molecule has 0 bridgehead atoms. The number of aromatic hydroxyl groups is 1. The first-order valence-electron chi connectivity index (χ1n) is 5.87. The Kier molecular flexibility index (Phi) is 5.79. The van der Waals surface area contributed by atoms with Gasteiger partial charge in [-0.2, -0.15) is 13.2 Å². The van der Waals surface area contributed by atoms with Crippen molar-refractivity contribution in [2.45, 2.75) is 6.18 Å². The summed E-state index contributed by atoms with van der Waals surface area (Å²) in [6, 6.07) is -0.690. The van der Waals surface area contributed by atoms with Crippen LogP contribution in [0.1, 0.15) is 10.4 Å². The molecule has 24 heavy (non-hydrogen) atoms. The van der Waals surface area contributed by atoms with E-state index < -0.39 is 57.4 Å². The normalized spacial score (nSPS) is 10.9. The molecular formula is C11H9ClF3N3O6. The fourth-order valence-corrected chi connectivity index (χ4v) is 1.82. The zero-order valence-electron chi connectivity index (χ0n) is 11.7. The van der Waals surface area contributed by atoms with Crippen molar-refractivity contribution >= 4 is 29.2 Å². The molecule has 0 heterocycles. The number of hydrogen-bond donors (Lipinski definition) is 3. The van der Waals surface area contributed by atoms with Crippen LogP contribution in [0.15, 0.2) is 6.07 Å². The van der Waals surface area contributed by atoms with Crippen LogP contribution in [-0.4, -0.2) is 41.8 Å². The van der Waals surface area contributed by atoms with Crippen molar-refractivity contribution in [3.05, 3.63) is 26.8 Å². The summed E-state index contributed by atoms with van der Waals surface area (Å²) in [5.74, 6) is -2.93. The standard InChI is InChI=1S/C11H9ClF3N3O6/c1-24-5-2-4(12)6(7(8(5)19)18(22)23)9(20)17-10(21)16-3-11(13,14)15/h2,19H,3H2,1H3,(H2,16,17,20,21). The Bertz CT molecular complexity index is 695. The molecule has 1 rings (SSSR count). The van der Waals surface area contributed by atoms with Gasteiger partial charge in [0.05, 0.1) is 17.1 Å². The monoisotopic (exact) mass is 371 g/mol. The minimum absolute atomic E-state index is 0.412. The molecule has 132 valence electrons. The fourth-order valence-electron chi connectivity index (χ4n) is 1.54. The number of nitrogens with one attached hydrogen (secondary N) is 2. The zero-order valence-corrected chi connectivity index (χ0v) is 12.5. The number of phenols is 1. The maximum absolute atomic E-state index is 12.0. The number of amides is 3. The highest BCUT2D eigenvalue weighted by atomic mass is 35.5. The largest absolute Gasteiger partial charge is 0.499 e. The molecule has 0 aromatic heterocycles. The van der Waals surface area contributed by atoms with Crippen LogP contribution >= 0.6 is 11.6 Å². The molecule has 0 spiro atoms. The molecule has 0 aliphatic carbocycles. The quantitative estimate of drug-likeness (QED) is 0.547. The Balaban J connectivity index is 3.13. The average molecular weight is 372 g/mol. The maximum atomic E-state index is 12.0. The third kappa shape index (κ3) is 4.62. The fraction of sp³-hybridized carbons (Fsp3) is 0.273. The zero-order chi connectivity index (χ0) is 18.7. The van der Waals surface area contributed by atoms with Gasteiger partial charge in [-0.3, -0.25) is 20.2 Å². The molecule has 0 unspecified atom stereocenters. The van der Waals surface area contributed by atoms with Crippen molar-refractivity contribution in [2.75, 3.05) is 13.7 Å². The summed E-state index contributed by atoms with van der Waals surface area (Å²) in [7, 11) is 1.07. The number of imide groups is 1. The lowest BCUT2D eigenvalue weighted by Gasteiger charge is -2.11. The van der Waals surface area contributed by atoms with Crippen LogP contribution in [0.2, 0.25) is 5.02 Å². The van der Waals surface area contributed by atoms with Crippen molar-refractivity contribution in [2.24, 2.45) is 0 Å². The van der Waals surface area contributed by atoms with E-state index in [2.05, 4.69) is 4.74 Å². The molecule has 0 fully saturated rings. The summed E-state index contributed by atoms with van der Waals surface area (Å²) < 4.78 is 40.5. The number of nitrogens with zero attached hydrogens (tertiary/aromatic N) is 1. The van der Waals surface area contributed by atoms with Gasteiger partial charge in [0.2, 0.25) is 5.75 Å². The van der Waals surface area contributed by atoms with Gasteiger partial charge < -0.3 is 15.2 Å². The Labute approximate surface area is 136 Å². The average Bonchev–Trinajstić information content (AvgIpc) is 2.45. The van der Waals surface area contributed by atoms with Crippen molar-refractivity contribution in [1.29, 1.82) is 0 Å². The van der Waals surface area contributed by atoms with Crippen molar-refractivity contribution in [3.63, 3.8) is 0 Å². The third-order valence-corrected chi connectivity index (χ3v) is 2.80. The van der Waals surface area contributed by atoms with Gasteiger partial charge >= 0.3 is 17.9 Å². The molecule has 0 atom stereocenters. The summed E-state index contributed by atoms with van der Waals surface area (Å²) >= 11 is 5.69. The molecule has 1 aromatic carbocycles. The lowest BCUT2D eigenvalue weighted by Crippen LogP contribution is -2.43. The van der Waals surface area contributed by atoms with Gasteiger partial charge in [0.1, 0.15) is 12.1 Å². The molecule has 0 radical (unpaired) electrons. The predicted molar refractivity (Wildman–Crippen MR) is 73.2 cm³/mol. The second kappa shape index (κ2) is 7.21. The number of methoxy groups -OCH3 is 1. The number of nitro groups is 1. The second-order valence-corrected chi connectivity index (χ2v) is 4.55. The third-order valence-electron chi connectivity index (χ3n) is 2.50. The highest BCUT2D eigenvalue weighted by Gasteiger charge is 2.33. The predicted octanol–water partition coefficient (Wildman–Crippen LogP) is 1.96. The number of halogens is 4. The topological polar surface area (TPSA) is 131 Å². The van der Waals surface area contributed by atoms with E-state index in [0.717, 1.165) is 13.2 Å². The molecule has 13 heteroatoms. The Hall–Kier alpha value is -2.76. The molecular weight excluding hydrogens is 363 g/mol. The molecule has 9 nitrogen and oxygen atoms in total. The molecule has 0 saturated heterocycles. The Morgan fingerprint density at radius 3 is 2.50 bits per heavy atom. The number of ether oxygens (including phenoxy) is 1. The number of urea groups is 1. The van der Waals surface area contributed by atoms with Gasteiger partial charge in [-0.05, 0) is 0 Å². The first-order chi connectivity index (χ1) is 11.0. The molecule has 3 N–H and O–H groups in total. The molecule has 3 amide bonds. The molecule has 1 aromatic rings. The molecule has 0 saturated carbocycles. The first-order valence-corrected chi connectivity index (χ1v) is 6.25. The maximum Gasteiger partial charge on any atom is 0.405 e. The minimum atomic E-state index is -4.72. The number of alkyl halides is 3. The van der Waals surface area contributed by atoms with E-state index in [9.17, 15) is 38.0 Å². The van der Waals surface area contributed by atoms with E-state index in [1.165, 1.54) is 10.6 Å². The smallest absolute Gasteiger partial charge is 0.405 e. The van der Waals surface area contributed by atoms with Crippen molar-refractivity contribution < 1.29 is 37.5 Å². The van der Waals surface area contributed by atoms with Crippen LogP contribution in [0.25, 0.3) is 0 Å². The summed E-state index contributed by atoms with van der Waals surface area (Å²) in [4.78, 5) is 33.0. The van der Waals surface area contributed by atoms with E-state index in [1.54, 1.807) is 0 Å².